The zero-order valence-corrected chi connectivity index (χ0v) is 19.7. The van der Waals surface area contributed by atoms with Crippen LogP contribution >= 0.6 is 0 Å². The Morgan fingerprint density at radius 1 is 1.03 bits per heavy atom. The van der Waals surface area contributed by atoms with E-state index < -0.39 is 0 Å². The normalized spacial score (nSPS) is 15.4. The first-order valence-electron chi connectivity index (χ1n) is 11.6. The molecule has 1 amide bonds. The Hall–Kier alpha value is -2.86. The van der Waals surface area contributed by atoms with Gasteiger partial charge in [-0.3, -0.25) is 14.7 Å². The molecule has 0 aliphatic carbocycles. The van der Waals surface area contributed by atoms with Crippen LogP contribution in [-0.2, 0) is 19.5 Å². The number of nitrogens with zero attached hydrogens (tertiary/aromatic N) is 2. The third kappa shape index (κ3) is 7.38. The first-order chi connectivity index (χ1) is 15.6. The predicted octanol–water partition coefficient (Wildman–Crippen LogP) is 3.19. The number of carbonyl (C=O) groups is 1. The zero-order chi connectivity index (χ0) is 22.8. The van der Waals surface area contributed by atoms with E-state index in [0.717, 1.165) is 43.5 Å². The summed E-state index contributed by atoms with van der Waals surface area (Å²) in [6.45, 7) is 7.26. The van der Waals surface area contributed by atoms with Crippen LogP contribution in [0.4, 0.5) is 0 Å². The lowest BCUT2D eigenvalue weighted by atomic mass is 9.98. The fourth-order valence-electron chi connectivity index (χ4n) is 4.06. The number of nitrogens with one attached hydrogen (secondary N) is 3. The van der Waals surface area contributed by atoms with Gasteiger partial charge in [-0.2, -0.15) is 0 Å². The highest BCUT2D eigenvalue weighted by molar-refractivity contribution is 5.94. The second-order valence-electron chi connectivity index (χ2n) is 8.66. The fraction of sp³-hybridized carbons (Fsp3) is 0.462. The lowest BCUT2D eigenvalue weighted by Gasteiger charge is -2.30. The number of amides is 1. The number of piperidine rings is 1. The van der Waals surface area contributed by atoms with E-state index in [0.29, 0.717) is 5.56 Å². The van der Waals surface area contributed by atoms with Crippen molar-refractivity contribution in [3.63, 3.8) is 0 Å². The van der Waals surface area contributed by atoms with E-state index in [-0.39, 0.29) is 5.91 Å². The quantitative estimate of drug-likeness (QED) is 0.440. The maximum atomic E-state index is 11.8. The van der Waals surface area contributed by atoms with Crippen LogP contribution in [0.2, 0.25) is 0 Å². The van der Waals surface area contributed by atoms with Crippen LogP contribution in [0.3, 0.4) is 0 Å². The van der Waals surface area contributed by atoms with E-state index >= 15 is 0 Å². The molecule has 0 radical (unpaired) electrons. The summed E-state index contributed by atoms with van der Waals surface area (Å²) in [5.74, 6) is 1.58. The number of benzene rings is 2. The SMILES string of the molecule is CN=C(NCCc1cccc(C(=O)NC)c1)NCc1cccc(CN2CCC(C)CC2)c1. The molecule has 0 spiro atoms. The molecule has 0 aromatic heterocycles. The van der Waals surface area contributed by atoms with Crippen LogP contribution in [0.25, 0.3) is 0 Å². The molecule has 0 atom stereocenters. The van der Waals surface area contributed by atoms with E-state index in [1.807, 2.05) is 24.3 Å². The highest BCUT2D eigenvalue weighted by Gasteiger charge is 2.15. The Kier molecular flexibility index (Phi) is 9.11. The molecule has 3 rings (SSSR count). The minimum absolute atomic E-state index is 0.0608. The monoisotopic (exact) mass is 435 g/mol. The van der Waals surface area contributed by atoms with Crippen LogP contribution in [0.1, 0.15) is 46.8 Å². The molecule has 2 aromatic rings. The van der Waals surface area contributed by atoms with Crippen LogP contribution in [0, 0.1) is 5.92 Å². The molecule has 0 saturated carbocycles. The summed E-state index contributed by atoms with van der Waals surface area (Å²) in [6, 6.07) is 16.6. The Morgan fingerprint density at radius 2 is 1.75 bits per heavy atom. The van der Waals surface area contributed by atoms with E-state index in [2.05, 4.69) is 57.0 Å². The third-order valence-corrected chi connectivity index (χ3v) is 6.08. The molecule has 1 fully saturated rings. The van der Waals surface area contributed by atoms with Gasteiger partial charge in [0.05, 0.1) is 0 Å². The highest BCUT2D eigenvalue weighted by atomic mass is 16.1. The van der Waals surface area contributed by atoms with Crippen LogP contribution in [0.5, 0.6) is 0 Å². The number of rotatable bonds is 8. The molecule has 2 aromatic carbocycles. The summed E-state index contributed by atoms with van der Waals surface area (Å²) in [6.07, 6.45) is 3.42. The molecule has 1 saturated heterocycles. The summed E-state index contributed by atoms with van der Waals surface area (Å²) in [5.41, 5.74) is 4.44. The van der Waals surface area contributed by atoms with Gasteiger partial charge in [0.15, 0.2) is 5.96 Å². The van der Waals surface area contributed by atoms with Crippen molar-refractivity contribution in [3.05, 3.63) is 70.8 Å². The van der Waals surface area contributed by atoms with Crippen LogP contribution in [-0.4, -0.2) is 50.5 Å². The second kappa shape index (κ2) is 12.2. The summed E-state index contributed by atoms with van der Waals surface area (Å²) < 4.78 is 0. The summed E-state index contributed by atoms with van der Waals surface area (Å²) in [5, 5.41) is 9.44. The van der Waals surface area contributed by atoms with Gasteiger partial charge in [-0.05, 0) is 67.1 Å². The van der Waals surface area contributed by atoms with Crippen LogP contribution < -0.4 is 16.0 Å². The third-order valence-electron chi connectivity index (χ3n) is 6.08. The summed E-state index contributed by atoms with van der Waals surface area (Å²) in [7, 11) is 3.44. The Bertz CT molecular complexity index is 903. The lowest BCUT2D eigenvalue weighted by molar-refractivity contribution is 0.0963. The van der Waals surface area contributed by atoms with Crippen molar-refractivity contribution >= 4 is 11.9 Å². The number of likely N-dealkylation sites (tertiary alicyclic amines) is 1. The number of hydrogen-bond donors (Lipinski definition) is 3. The largest absolute Gasteiger partial charge is 0.356 e. The van der Waals surface area contributed by atoms with Crippen molar-refractivity contribution in [1.82, 2.24) is 20.9 Å². The average Bonchev–Trinajstić information content (AvgIpc) is 2.82. The molecular weight excluding hydrogens is 398 g/mol. The zero-order valence-electron chi connectivity index (χ0n) is 19.7. The van der Waals surface area contributed by atoms with Crippen molar-refractivity contribution in [2.24, 2.45) is 10.9 Å². The van der Waals surface area contributed by atoms with Gasteiger partial charge in [-0.25, -0.2) is 0 Å². The number of guanidine groups is 1. The van der Waals surface area contributed by atoms with Gasteiger partial charge in [0.25, 0.3) is 5.91 Å². The molecule has 6 heteroatoms. The number of hydrogen-bond acceptors (Lipinski definition) is 3. The first kappa shape index (κ1) is 23.8. The molecule has 172 valence electrons. The lowest BCUT2D eigenvalue weighted by Crippen LogP contribution is -2.37. The minimum atomic E-state index is -0.0608. The fourth-order valence-corrected chi connectivity index (χ4v) is 4.06. The van der Waals surface area contributed by atoms with E-state index in [9.17, 15) is 4.79 Å². The Labute approximate surface area is 192 Å². The molecule has 1 aliphatic heterocycles. The average molecular weight is 436 g/mol. The van der Waals surface area contributed by atoms with Crippen molar-refractivity contribution in [2.75, 3.05) is 33.7 Å². The molecule has 32 heavy (non-hydrogen) atoms. The van der Waals surface area contributed by atoms with Crippen molar-refractivity contribution < 1.29 is 4.79 Å². The molecule has 6 nitrogen and oxygen atoms in total. The van der Waals surface area contributed by atoms with E-state index in [4.69, 9.17) is 0 Å². The van der Waals surface area contributed by atoms with Gasteiger partial charge in [-0.15, -0.1) is 0 Å². The standard InChI is InChI=1S/C26H37N5O/c1-20-11-14-31(15-12-20)19-23-8-4-7-22(16-23)18-30-26(28-3)29-13-10-21-6-5-9-24(17-21)25(32)27-2/h4-9,16-17,20H,10-15,18-19H2,1-3H3,(H,27,32)(H2,28,29,30). The number of aliphatic imine (C=N–C) groups is 1. The Balaban J connectivity index is 1.45. The topological polar surface area (TPSA) is 68.8 Å². The Morgan fingerprint density at radius 3 is 2.50 bits per heavy atom. The van der Waals surface area contributed by atoms with E-state index in [1.54, 1.807) is 14.1 Å². The molecule has 3 N–H and O–H groups in total. The maximum Gasteiger partial charge on any atom is 0.251 e. The molecule has 1 aliphatic rings. The molecule has 0 bridgehead atoms. The highest BCUT2D eigenvalue weighted by Crippen LogP contribution is 2.18. The first-order valence-corrected chi connectivity index (χ1v) is 11.6. The van der Waals surface area contributed by atoms with Gasteiger partial charge in [0.2, 0.25) is 0 Å². The number of carbonyl (C=O) groups excluding carboxylic acids is 1. The minimum Gasteiger partial charge on any atom is -0.356 e. The van der Waals surface area contributed by atoms with Gasteiger partial charge >= 0.3 is 0 Å². The van der Waals surface area contributed by atoms with E-state index in [1.165, 1.54) is 37.1 Å². The van der Waals surface area contributed by atoms with Gasteiger partial charge in [0, 0.05) is 39.3 Å². The maximum absolute atomic E-state index is 11.8. The van der Waals surface area contributed by atoms with Gasteiger partial charge in [0.1, 0.15) is 0 Å². The van der Waals surface area contributed by atoms with Crippen LogP contribution in [0.15, 0.2) is 53.5 Å². The molecular formula is C26H37N5O. The van der Waals surface area contributed by atoms with Gasteiger partial charge < -0.3 is 16.0 Å². The molecule has 0 unspecified atom stereocenters. The second-order valence-corrected chi connectivity index (χ2v) is 8.66. The van der Waals surface area contributed by atoms with Crippen molar-refractivity contribution in [3.8, 4) is 0 Å². The van der Waals surface area contributed by atoms with Crippen molar-refractivity contribution in [2.45, 2.75) is 39.3 Å². The molecule has 1 heterocycles. The smallest absolute Gasteiger partial charge is 0.251 e. The summed E-state index contributed by atoms with van der Waals surface area (Å²) >= 11 is 0. The predicted molar refractivity (Wildman–Crippen MR) is 132 cm³/mol. The summed E-state index contributed by atoms with van der Waals surface area (Å²) in [4.78, 5) is 18.7. The van der Waals surface area contributed by atoms with Crippen molar-refractivity contribution in [1.29, 1.82) is 0 Å². The van der Waals surface area contributed by atoms with Gasteiger partial charge in [-0.1, -0.05) is 43.3 Å².